The van der Waals surface area contributed by atoms with Crippen LogP contribution in [0.5, 0.6) is 0 Å². The van der Waals surface area contributed by atoms with Crippen molar-refractivity contribution in [3.63, 3.8) is 0 Å². The Hall–Kier alpha value is -0.500. The molecular formula is C14H22BrN. The van der Waals surface area contributed by atoms with E-state index in [2.05, 4.69) is 72.1 Å². The van der Waals surface area contributed by atoms with Gasteiger partial charge in [0, 0.05) is 24.6 Å². The van der Waals surface area contributed by atoms with E-state index in [1.165, 1.54) is 18.5 Å². The monoisotopic (exact) mass is 283 g/mol. The van der Waals surface area contributed by atoms with Gasteiger partial charge in [0.2, 0.25) is 0 Å². The Morgan fingerprint density at radius 2 is 1.69 bits per heavy atom. The second-order valence-electron chi connectivity index (χ2n) is 4.53. The highest BCUT2D eigenvalue weighted by atomic mass is 79.9. The van der Waals surface area contributed by atoms with Gasteiger partial charge in [0.1, 0.15) is 0 Å². The molecule has 0 bridgehead atoms. The predicted octanol–water partition coefficient (Wildman–Crippen LogP) is 4.32. The summed E-state index contributed by atoms with van der Waals surface area (Å²) in [5, 5.41) is 1.07. The normalized spacial score (nSPS) is 11.5. The molecule has 0 saturated carbocycles. The number of halogens is 1. The quantitative estimate of drug-likeness (QED) is 0.703. The first-order valence-corrected chi connectivity index (χ1v) is 7.11. The van der Waals surface area contributed by atoms with Gasteiger partial charge >= 0.3 is 0 Å². The summed E-state index contributed by atoms with van der Waals surface area (Å²) >= 11 is 3.67. The number of nitrogens with zero attached hydrogens (tertiary/aromatic N) is 1. The maximum atomic E-state index is 3.67. The highest BCUT2D eigenvalue weighted by molar-refractivity contribution is 9.09. The second kappa shape index (κ2) is 6.29. The topological polar surface area (TPSA) is 3.24 Å². The first-order chi connectivity index (χ1) is 7.67. The number of hydrogen-bond acceptors (Lipinski definition) is 1. The van der Waals surface area contributed by atoms with E-state index in [1.807, 2.05) is 0 Å². The molecule has 90 valence electrons. The van der Waals surface area contributed by atoms with Gasteiger partial charge in [-0.05, 0) is 30.4 Å². The minimum Gasteiger partial charge on any atom is -0.374 e. The molecule has 1 aromatic carbocycles. The first kappa shape index (κ1) is 13.6. The van der Waals surface area contributed by atoms with Crippen LogP contribution in [0.4, 0.5) is 5.69 Å². The van der Waals surface area contributed by atoms with Crippen LogP contribution in [0, 0.1) is 5.41 Å². The van der Waals surface area contributed by atoms with Gasteiger partial charge in [0.05, 0.1) is 0 Å². The molecule has 0 aliphatic carbocycles. The highest BCUT2D eigenvalue weighted by Crippen LogP contribution is 2.31. The summed E-state index contributed by atoms with van der Waals surface area (Å²) in [7, 11) is 2.18. The van der Waals surface area contributed by atoms with Gasteiger partial charge in [0.25, 0.3) is 0 Å². The van der Waals surface area contributed by atoms with E-state index < -0.39 is 0 Å². The smallest absolute Gasteiger partial charge is 0.0363 e. The Morgan fingerprint density at radius 3 is 2.12 bits per heavy atom. The molecule has 1 aromatic rings. The number of rotatable bonds is 6. The Kier molecular flexibility index (Phi) is 5.33. The van der Waals surface area contributed by atoms with Crippen LogP contribution in [-0.2, 0) is 0 Å². The van der Waals surface area contributed by atoms with Crippen molar-refractivity contribution < 1.29 is 0 Å². The van der Waals surface area contributed by atoms with Crippen LogP contribution >= 0.6 is 15.9 Å². The van der Waals surface area contributed by atoms with Crippen molar-refractivity contribution in [1.82, 2.24) is 0 Å². The van der Waals surface area contributed by atoms with E-state index in [1.54, 1.807) is 0 Å². The average molecular weight is 284 g/mol. The molecule has 1 rings (SSSR count). The van der Waals surface area contributed by atoms with E-state index in [9.17, 15) is 0 Å². The summed E-state index contributed by atoms with van der Waals surface area (Å²) in [6.07, 6.45) is 2.43. The maximum Gasteiger partial charge on any atom is 0.0363 e. The SMILES string of the molecule is CCC(CC)(CBr)CN(C)c1ccccc1. The van der Waals surface area contributed by atoms with E-state index >= 15 is 0 Å². The van der Waals surface area contributed by atoms with Gasteiger partial charge in [-0.3, -0.25) is 0 Å². The molecule has 0 saturated heterocycles. The average Bonchev–Trinajstić information content (AvgIpc) is 2.37. The maximum absolute atomic E-state index is 3.67. The second-order valence-corrected chi connectivity index (χ2v) is 5.09. The third-order valence-electron chi connectivity index (χ3n) is 3.55. The first-order valence-electron chi connectivity index (χ1n) is 5.99. The number of alkyl halides is 1. The zero-order valence-electron chi connectivity index (χ0n) is 10.5. The van der Waals surface area contributed by atoms with Gasteiger partial charge < -0.3 is 4.90 Å². The van der Waals surface area contributed by atoms with E-state index in [0.717, 1.165) is 11.9 Å². The lowest BCUT2D eigenvalue weighted by Gasteiger charge is -2.35. The van der Waals surface area contributed by atoms with Crippen LogP contribution in [0.25, 0.3) is 0 Å². The molecular weight excluding hydrogens is 262 g/mol. The molecule has 0 fully saturated rings. The molecule has 0 aromatic heterocycles. The highest BCUT2D eigenvalue weighted by Gasteiger charge is 2.26. The molecule has 16 heavy (non-hydrogen) atoms. The van der Waals surface area contributed by atoms with Gasteiger partial charge in [-0.25, -0.2) is 0 Å². The third kappa shape index (κ3) is 3.24. The summed E-state index contributed by atoms with van der Waals surface area (Å²) in [5.74, 6) is 0. The fourth-order valence-electron chi connectivity index (χ4n) is 1.98. The molecule has 0 atom stereocenters. The van der Waals surface area contributed by atoms with Crippen molar-refractivity contribution >= 4 is 21.6 Å². The van der Waals surface area contributed by atoms with E-state index in [4.69, 9.17) is 0 Å². The molecule has 0 aliphatic rings. The zero-order chi connectivity index (χ0) is 12.0. The van der Waals surface area contributed by atoms with Gasteiger partial charge in [-0.1, -0.05) is 48.0 Å². The number of hydrogen-bond donors (Lipinski definition) is 0. The van der Waals surface area contributed by atoms with Crippen LogP contribution in [0.1, 0.15) is 26.7 Å². The number of anilines is 1. The summed E-state index contributed by atoms with van der Waals surface area (Å²) in [6, 6.07) is 10.6. The van der Waals surface area contributed by atoms with Crippen LogP contribution in [-0.4, -0.2) is 18.9 Å². The Bertz CT molecular complexity index is 285. The standard InChI is InChI=1S/C14H22BrN/c1-4-14(5-2,11-15)12-16(3)13-9-7-6-8-10-13/h6-10H,4-5,11-12H2,1-3H3. The van der Waals surface area contributed by atoms with Crippen LogP contribution in [0.3, 0.4) is 0 Å². The molecule has 2 heteroatoms. The molecule has 0 radical (unpaired) electrons. The van der Waals surface area contributed by atoms with Crippen molar-refractivity contribution in [3.8, 4) is 0 Å². The van der Waals surface area contributed by atoms with Crippen molar-refractivity contribution in [2.75, 3.05) is 23.8 Å². The van der Waals surface area contributed by atoms with E-state index in [0.29, 0.717) is 5.41 Å². The molecule has 0 N–H and O–H groups in total. The molecule has 0 spiro atoms. The van der Waals surface area contributed by atoms with Crippen LogP contribution in [0.2, 0.25) is 0 Å². The minimum atomic E-state index is 0.393. The lowest BCUT2D eigenvalue weighted by molar-refractivity contribution is 0.316. The van der Waals surface area contributed by atoms with Crippen molar-refractivity contribution in [2.24, 2.45) is 5.41 Å². The van der Waals surface area contributed by atoms with Gasteiger partial charge in [-0.2, -0.15) is 0 Å². The van der Waals surface area contributed by atoms with Crippen molar-refractivity contribution in [2.45, 2.75) is 26.7 Å². The van der Waals surface area contributed by atoms with Crippen molar-refractivity contribution in [1.29, 1.82) is 0 Å². The molecule has 1 nitrogen and oxygen atoms in total. The predicted molar refractivity (Wildman–Crippen MR) is 76.5 cm³/mol. The molecule has 0 aliphatic heterocycles. The lowest BCUT2D eigenvalue weighted by Crippen LogP contribution is -2.36. The van der Waals surface area contributed by atoms with E-state index in [-0.39, 0.29) is 0 Å². The van der Waals surface area contributed by atoms with Gasteiger partial charge in [0.15, 0.2) is 0 Å². The largest absolute Gasteiger partial charge is 0.374 e. The van der Waals surface area contributed by atoms with Gasteiger partial charge in [-0.15, -0.1) is 0 Å². The lowest BCUT2D eigenvalue weighted by atomic mass is 9.84. The minimum absolute atomic E-state index is 0.393. The third-order valence-corrected chi connectivity index (χ3v) is 4.74. The molecule has 0 amide bonds. The Balaban J connectivity index is 2.73. The summed E-state index contributed by atoms with van der Waals surface area (Å²) in [6.45, 7) is 5.67. The van der Waals surface area contributed by atoms with Crippen molar-refractivity contribution in [3.05, 3.63) is 30.3 Å². The number of para-hydroxylation sites is 1. The van der Waals surface area contributed by atoms with Crippen LogP contribution in [0.15, 0.2) is 30.3 Å². The molecule has 0 unspecified atom stereocenters. The summed E-state index contributed by atoms with van der Waals surface area (Å²) in [4.78, 5) is 2.36. The van der Waals surface area contributed by atoms with Crippen LogP contribution < -0.4 is 4.90 Å². The molecule has 0 heterocycles. The Labute approximate surface area is 108 Å². The fraction of sp³-hybridized carbons (Fsp3) is 0.571. The summed E-state index contributed by atoms with van der Waals surface area (Å²) < 4.78 is 0. The fourth-order valence-corrected chi connectivity index (χ4v) is 2.95. The number of benzene rings is 1. The Morgan fingerprint density at radius 1 is 1.12 bits per heavy atom. The summed E-state index contributed by atoms with van der Waals surface area (Å²) in [5.41, 5.74) is 1.69. The zero-order valence-corrected chi connectivity index (χ0v) is 12.1.